The van der Waals surface area contributed by atoms with E-state index in [1.807, 2.05) is 19.1 Å². The van der Waals surface area contributed by atoms with Gasteiger partial charge in [0, 0.05) is 5.56 Å². The first-order valence-corrected chi connectivity index (χ1v) is 6.47. The summed E-state index contributed by atoms with van der Waals surface area (Å²) in [5.74, 6) is 0.160. The Kier molecular flexibility index (Phi) is 4.65. The number of carbonyl (C=O) groups excluding carboxylic acids is 1. The molecule has 0 fully saturated rings. The van der Waals surface area contributed by atoms with Crippen LogP contribution in [0, 0.1) is 0 Å². The molecule has 0 atom stereocenters. The van der Waals surface area contributed by atoms with Gasteiger partial charge in [0.25, 0.3) is 0 Å². The summed E-state index contributed by atoms with van der Waals surface area (Å²) in [5.41, 5.74) is 2.09. The number of benzene rings is 1. The number of carbonyl (C=O) groups is 1. The van der Waals surface area contributed by atoms with Crippen LogP contribution in [0.4, 0.5) is 0 Å². The molecule has 1 aromatic heterocycles. The molecule has 2 aromatic rings. The van der Waals surface area contributed by atoms with E-state index in [2.05, 4.69) is 9.97 Å². The molecule has 2 rings (SSSR count). The molecule has 104 valence electrons. The smallest absolute Gasteiger partial charge is 0.338 e. The summed E-state index contributed by atoms with van der Waals surface area (Å²) in [7, 11) is 0. The predicted octanol–water partition coefficient (Wildman–Crippen LogP) is 2.72. The molecule has 5 heteroatoms. The minimum Gasteiger partial charge on any atom is -0.477 e. The van der Waals surface area contributed by atoms with Gasteiger partial charge in [-0.05, 0) is 26.0 Å². The van der Waals surface area contributed by atoms with Crippen LogP contribution in [0.5, 0.6) is 5.88 Å². The summed E-state index contributed by atoms with van der Waals surface area (Å²) in [6.45, 7) is 4.58. The molecule has 0 amide bonds. The van der Waals surface area contributed by atoms with Crippen LogP contribution < -0.4 is 4.74 Å². The Morgan fingerprint density at radius 1 is 1.10 bits per heavy atom. The second-order valence-electron chi connectivity index (χ2n) is 3.97. The van der Waals surface area contributed by atoms with Crippen molar-refractivity contribution in [3.05, 3.63) is 42.2 Å². The van der Waals surface area contributed by atoms with Crippen molar-refractivity contribution in [2.45, 2.75) is 13.8 Å². The van der Waals surface area contributed by atoms with Gasteiger partial charge in [-0.15, -0.1) is 0 Å². The first-order chi connectivity index (χ1) is 9.74. The van der Waals surface area contributed by atoms with Crippen molar-refractivity contribution >= 4 is 5.97 Å². The molecular weight excluding hydrogens is 256 g/mol. The van der Waals surface area contributed by atoms with E-state index in [1.165, 1.54) is 0 Å². The number of hydrogen-bond acceptors (Lipinski definition) is 5. The van der Waals surface area contributed by atoms with Crippen molar-refractivity contribution < 1.29 is 14.3 Å². The number of nitrogens with zero attached hydrogens (tertiary/aromatic N) is 2. The molecule has 0 aliphatic rings. The normalized spacial score (nSPS) is 10.1. The quantitative estimate of drug-likeness (QED) is 0.783. The Hall–Kier alpha value is -2.43. The zero-order chi connectivity index (χ0) is 14.4. The van der Waals surface area contributed by atoms with Gasteiger partial charge in [-0.1, -0.05) is 12.1 Å². The molecule has 0 saturated carbocycles. The van der Waals surface area contributed by atoms with E-state index in [9.17, 15) is 4.79 Å². The van der Waals surface area contributed by atoms with Gasteiger partial charge in [-0.2, -0.15) is 0 Å². The summed E-state index contributed by atoms with van der Waals surface area (Å²) in [6, 6.07) is 7.04. The van der Waals surface area contributed by atoms with Crippen molar-refractivity contribution in [2.24, 2.45) is 0 Å². The molecule has 1 aromatic carbocycles. The molecule has 0 radical (unpaired) electrons. The van der Waals surface area contributed by atoms with Crippen molar-refractivity contribution in [2.75, 3.05) is 13.2 Å². The average Bonchev–Trinajstić information content (AvgIpc) is 2.48. The average molecular weight is 272 g/mol. The second-order valence-corrected chi connectivity index (χ2v) is 3.97. The first kappa shape index (κ1) is 14.0. The van der Waals surface area contributed by atoms with Gasteiger partial charge in [0.2, 0.25) is 5.88 Å². The summed E-state index contributed by atoms with van der Waals surface area (Å²) in [4.78, 5) is 20.0. The molecule has 5 nitrogen and oxygen atoms in total. The maximum absolute atomic E-state index is 11.6. The van der Waals surface area contributed by atoms with Gasteiger partial charge in [0.1, 0.15) is 0 Å². The summed E-state index contributed by atoms with van der Waals surface area (Å²) in [5, 5.41) is 0. The summed E-state index contributed by atoms with van der Waals surface area (Å²) >= 11 is 0. The van der Waals surface area contributed by atoms with Crippen molar-refractivity contribution in [1.82, 2.24) is 9.97 Å². The standard InChI is InChI=1S/C15H16N2O3/c1-3-19-14-10-16-9-13(17-14)11-5-7-12(8-6-11)15(18)20-4-2/h5-10H,3-4H2,1-2H3. The fourth-order valence-electron chi connectivity index (χ4n) is 1.70. The molecule has 0 bridgehead atoms. The van der Waals surface area contributed by atoms with Gasteiger partial charge in [0.05, 0.1) is 36.9 Å². The lowest BCUT2D eigenvalue weighted by atomic mass is 10.1. The monoisotopic (exact) mass is 272 g/mol. The van der Waals surface area contributed by atoms with E-state index in [1.54, 1.807) is 31.5 Å². The van der Waals surface area contributed by atoms with E-state index in [0.29, 0.717) is 30.4 Å². The maximum Gasteiger partial charge on any atom is 0.338 e. The molecule has 0 spiro atoms. The van der Waals surface area contributed by atoms with E-state index in [0.717, 1.165) is 5.56 Å². The third-order valence-electron chi connectivity index (χ3n) is 2.60. The van der Waals surface area contributed by atoms with E-state index in [-0.39, 0.29) is 5.97 Å². The number of hydrogen-bond donors (Lipinski definition) is 0. The van der Waals surface area contributed by atoms with Gasteiger partial charge < -0.3 is 9.47 Å². The molecule has 0 saturated heterocycles. The van der Waals surface area contributed by atoms with Gasteiger partial charge >= 0.3 is 5.97 Å². The summed E-state index contributed by atoms with van der Waals surface area (Å²) < 4.78 is 10.3. The largest absolute Gasteiger partial charge is 0.477 e. The Bertz CT molecular complexity index is 582. The predicted molar refractivity (Wildman–Crippen MR) is 74.6 cm³/mol. The zero-order valence-corrected chi connectivity index (χ0v) is 11.5. The van der Waals surface area contributed by atoms with Crippen molar-refractivity contribution in [3.63, 3.8) is 0 Å². The third-order valence-corrected chi connectivity index (χ3v) is 2.60. The molecule has 0 aliphatic heterocycles. The number of esters is 1. The van der Waals surface area contributed by atoms with Crippen molar-refractivity contribution in [3.8, 4) is 17.1 Å². The fourth-order valence-corrected chi connectivity index (χ4v) is 1.70. The Morgan fingerprint density at radius 2 is 1.85 bits per heavy atom. The van der Waals surface area contributed by atoms with Crippen LogP contribution in [-0.4, -0.2) is 29.2 Å². The molecule has 0 unspecified atom stereocenters. The van der Waals surface area contributed by atoms with E-state index < -0.39 is 0 Å². The number of rotatable bonds is 5. The lowest BCUT2D eigenvalue weighted by Gasteiger charge is -2.05. The SMILES string of the molecule is CCOC(=O)c1ccc(-c2cncc(OCC)n2)cc1. The number of aromatic nitrogens is 2. The maximum atomic E-state index is 11.6. The van der Waals surface area contributed by atoms with Crippen LogP contribution in [0.2, 0.25) is 0 Å². The van der Waals surface area contributed by atoms with Crippen molar-refractivity contribution in [1.29, 1.82) is 0 Å². The minimum absolute atomic E-state index is 0.326. The minimum atomic E-state index is -0.326. The molecule has 0 aliphatic carbocycles. The highest BCUT2D eigenvalue weighted by Crippen LogP contribution is 2.19. The van der Waals surface area contributed by atoms with Crippen LogP contribution >= 0.6 is 0 Å². The highest BCUT2D eigenvalue weighted by atomic mass is 16.5. The number of ether oxygens (including phenoxy) is 2. The van der Waals surface area contributed by atoms with E-state index >= 15 is 0 Å². The molecular formula is C15H16N2O3. The zero-order valence-electron chi connectivity index (χ0n) is 11.5. The van der Waals surface area contributed by atoms with Crippen LogP contribution in [0.3, 0.4) is 0 Å². The topological polar surface area (TPSA) is 61.3 Å². The summed E-state index contributed by atoms with van der Waals surface area (Å²) in [6.07, 6.45) is 3.22. The lowest BCUT2D eigenvalue weighted by Crippen LogP contribution is -2.04. The Morgan fingerprint density at radius 3 is 2.50 bits per heavy atom. The third kappa shape index (κ3) is 3.32. The van der Waals surface area contributed by atoms with Crippen LogP contribution in [0.1, 0.15) is 24.2 Å². The highest BCUT2D eigenvalue weighted by molar-refractivity contribution is 5.89. The van der Waals surface area contributed by atoms with Gasteiger partial charge in [0.15, 0.2) is 0 Å². The Labute approximate surface area is 117 Å². The lowest BCUT2D eigenvalue weighted by molar-refractivity contribution is 0.0526. The van der Waals surface area contributed by atoms with E-state index in [4.69, 9.17) is 9.47 Å². The van der Waals surface area contributed by atoms with Crippen LogP contribution in [0.25, 0.3) is 11.3 Å². The molecule has 20 heavy (non-hydrogen) atoms. The van der Waals surface area contributed by atoms with Gasteiger partial charge in [-0.3, -0.25) is 4.98 Å². The van der Waals surface area contributed by atoms with Crippen LogP contribution in [0.15, 0.2) is 36.7 Å². The van der Waals surface area contributed by atoms with Gasteiger partial charge in [-0.25, -0.2) is 9.78 Å². The second kappa shape index (κ2) is 6.65. The van der Waals surface area contributed by atoms with Crippen LogP contribution in [-0.2, 0) is 4.74 Å². The molecule has 1 heterocycles. The Balaban J connectivity index is 2.21. The fraction of sp³-hybridized carbons (Fsp3) is 0.267. The highest BCUT2D eigenvalue weighted by Gasteiger charge is 2.07. The first-order valence-electron chi connectivity index (χ1n) is 6.47. The molecule has 0 N–H and O–H groups in total.